The summed E-state index contributed by atoms with van der Waals surface area (Å²) in [6.45, 7) is 10.4. The first-order chi connectivity index (χ1) is 8.74. The Morgan fingerprint density at radius 3 is 2.83 bits per heavy atom. The van der Waals surface area contributed by atoms with Crippen molar-refractivity contribution in [1.82, 2.24) is 10.2 Å². The summed E-state index contributed by atoms with van der Waals surface area (Å²) in [5, 5.41) is 5.39. The lowest BCUT2D eigenvalue weighted by Crippen LogP contribution is -2.36. The predicted molar refractivity (Wildman–Crippen MR) is 81.4 cm³/mol. The van der Waals surface area contributed by atoms with Gasteiger partial charge >= 0.3 is 0 Å². The lowest BCUT2D eigenvalue weighted by atomic mass is 10.1. The molecule has 0 spiro atoms. The Morgan fingerprint density at radius 1 is 1.33 bits per heavy atom. The zero-order chi connectivity index (χ0) is 12.8. The van der Waals surface area contributed by atoms with Gasteiger partial charge < -0.3 is 10.2 Å². The van der Waals surface area contributed by atoms with Crippen molar-refractivity contribution in [1.29, 1.82) is 0 Å². The summed E-state index contributed by atoms with van der Waals surface area (Å²) in [5.41, 5.74) is 0. The van der Waals surface area contributed by atoms with Crippen molar-refractivity contribution in [2.45, 2.75) is 44.8 Å². The van der Waals surface area contributed by atoms with E-state index in [0.717, 1.165) is 19.0 Å². The third kappa shape index (κ3) is 4.81. The van der Waals surface area contributed by atoms with Crippen LogP contribution in [0.5, 0.6) is 0 Å². The molecule has 0 amide bonds. The molecule has 2 heterocycles. The van der Waals surface area contributed by atoms with Gasteiger partial charge in [0, 0.05) is 18.3 Å². The van der Waals surface area contributed by atoms with Gasteiger partial charge in [-0.05, 0) is 38.3 Å². The smallest absolute Gasteiger partial charge is 0.156 e. The van der Waals surface area contributed by atoms with E-state index in [9.17, 15) is 0 Å². The first kappa shape index (κ1) is 14.2. The van der Waals surface area contributed by atoms with Crippen molar-refractivity contribution in [3.63, 3.8) is 0 Å². The van der Waals surface area contributed by atoms with Crippen LogP contribution in [-0.4, -0.2) is 48.0 Å². The second kappa shape index (κ2) is 7.39. The molecule has 0 aliphatic carbocycles. The van der Waals surface area contributed by atoms with E-state index in [-0.39, 0.29) is 0 Å². The molecule has 0 bridgehead atoms. The highest BCUT2D eigenvalue weighted by Crippen LogP contribution is 2.25. The van der Waals surface area contributed by atoms with Crippen LogP contribution in [0.15, 0.2) is 4.99 Å². The molecule has 0 saturated carbocycles. The Labute approximate surface area is 116 Å². The number of aliphatic imine (C=N–C) groups is 1. The minimum atomic E-state index is 0.711. The molecule has 2 aliphatic heterocycles. The molecule has 1 N–H and O–H groups in total. The second-order valence-electron chi connectivity index (χ2n) is 5.84. The maximum atomic E-state index is 4.60. The Balaban J connectivity index is 1.57. The molecule has 0 aromatic rings. The predicted octanol–water partition coefficient (Wildman–Crippen LogP) is 2.58. The first-order valence-corrected chi connectivity index (χ1v) is 8.29. The lowest BCUT2D eigenvalue weighted by Gasteiger charge is -2.26. The Kier molecular flexibility index (Phi) is 5.83. The van der Waals surface area contributed by atoms with Crippen molar-refractivity contribution in [2.24, 2.45) is 10.9 Å². The van der Waals surface area contributed by atoms with Crippen LogP contribution >= 0.6 is 11.8 Å². The largest absolute Gasteiger partial charge is 0.364 e. The van der Waals surface area contributed by atoms with E-state index in [0.29, 0.717) is 5.25 Å². The van der Waals surface area contributed by atoms with Crippen molar-refractivity contribution >= 4 is 16.9 Å². The van der Waals surface area contributed by atoms with Crippen molar-refractivity contribution in [3.8, 4) is 0 Å². The maximum absolute atomic E-state index is 4.60. The van der Waals surface area contributed by atoms with E-state index in [1.807, 2.05) is 11.8 Å². The molecule has 1 atom stereocenters. The van der Waals surface area contributed by atoms with Crippen molar-refractivity contribution in [2.75, 3.05) is 32.7 Å². The molecule has 2 rings (SSSR count). The van der Waals surface area contributed by atoms with E-state index in [4.69, 9.17) is 0 Å². The highest BCUT2D eigenvalue weighted by Gasteiger charge is 2.20. The van der Waals surface area contributed by atoms with Gasteiger partial charge in [-0.1, -0.05) is 32.0 Å². The van der Waals surface area contributed by atoms with E-state index in [1.165, 1.54) is 50.5 Å². The number of likely N-dealkylation sites (tertiary alicyclic amines) is 1. The van der Waals surface area contributed by atoms with Gasteiger partial charge in [-0.3, -0.25) is 4.99 Å². The number of hydrogen-bond donors (Lipinski definition) is 1. The quantitative estimate of drug-likeness (QED) is 0.831. The zero-order valence-electron chi connectivity index (χ0n) is 11.8. The van der Waals surface area contributed by atoms with Crippen LogP contribution < -0.4 is 5.32 Å². The average Bonchev–Trinajstić information content (AvgIpc) is 2.77. The number of piperidine rings is 1. The summed E-state index contributed by atoms with van der Waals surface area (Å²) >= 11 is 1.95. The van der Waals surface area contributed by atoms with Crippen LogP contribution in [0.4, 0.5) is 0 Å². The monoisotopic (exact) mass is 269 g/mol. The summed E-state index contributed by atoms with van der Waals surface area (Å²) in [7, 11) is 0. The molecule has 0 aromatic heterocycles. The van der Waals surface area contributed by atoms with Crippen LogP contribution in [0.2, 0.25) is 0 Å². The number of nitrogens with zero attached hydrogens (tertiary/aromatic N) is 2. The Bertz CT molecular complexity index is 272. The molecule has 0 aromatic carbocycles. The summed E-state index contributed by atoms with van der Waals surface area (Å²) in [6, 6.07) is 0. The van der Waals surface area contributed by atoms with E-state index < -0.39 is 0 Å². The van der Waals surface area contributed by atoms with Gasteiger partial charge in [0.1, 0.15) is 0 Å². The summed E-state index contributed by atoms with van der Waals surface area (Å²) < 4.78 is 0. The zero-order valence-corrected chi connectivity index (χ0v) is 12.6. The first-order valence-electron chi connectivity index (χ1n) is 7.41. The van der Waals surface area contributed by atoms with Gasteiger partial charge in [0.25, 0.3) is 0 Å². The molecule has 0 radical (unpaired) electrons. The van der Waals surface area contributed by atoms with Gasteiger partial charge in [0.15, 0.2) is 5.17 Å². The van der Waals surface area contributed by atoms with Crippen LogP contribution in [0.1, 0.15) is 39.5 Å². The SMILES string of the molecule is CC(C)CC1CN=C(NCCN2CCCCC2)S1. The average molecular weight is 269 g/mol. The van der Waals surface area contributed by atoms with Gasteiger partial charge in [-0.15, -0.1) is 0 Å². The molecule has 104 valence electrons. The number of hydrogen-bond acceptors (Lipinski definition) is 4. The van der Waals surface area contributed by atoms with Gasteiger partial charge in [-0.2, -0.15) is 0 Å². The number of rotatable bonds is 5. The Morgan fingerprint density at radius 2 is 2.11 bits per heavy atom. The summed E-state index contributed by atoms with van der Waals surface area (Å²) in [4.78, 5) is 7.17. The molecule has 2 aliphatic rings. The van der Waals surface area contributed by atoms with E-state index in [1.54, 1.807) is 0 Å². The van der Waals surface area contributed by atoms with Crippen LogP contribution in [0, 0.1) is 5.92 Å². The molecule has 3 nitrogen and oxygen atoms in total. The lowest BCUT2D eigenvalue weighted by molar-refractivity contribution is 0.232. The minimum Gasteiger partial charge on any atom is -0.364 e. The summed E-state index contributed by atoms with van der Waals surface area (Å²) in [5.74, 6) is 0.783. The molecule has 1 unspecified atom stereocenters. The number of nitrogens with one attached hydrogen (secondary N) is 1. The molecular weight excluding hydrogens is 242 g/mol. The third-order valence-corrected chi connectivity index (χ3v) is 4.78. The maximum Gasteiger partial charge on any atom is 0.156 e. The fourth-order valence-electron chi connectivity index (χ4n) is 2.67. The fraction of sp³-hybridized carbons (Fsp3) is 0.929. The fourth-order valence-corrected chi connectivity index (χ4v) is 3.95. The van der Waals surface area contributed by atoms with E-state index in [2.05, 4.69) is 29.1 Å². The van der Waals surface area contributed by atoms with Crippen LogP contribution in [-0.2, 0) is 0 Å². The molecule has 1 saturated heterocycles. The minimum absolute atomic E-state index is 0.711. The van der Waals surface area contributed by atoms with Gasteiger partial charge in [0.2, 0.25) is 0 Å². The molecule has 18 heavy (non-hydrogen) atoms. The third-order valence-electron chi connectivity index (χ3n) is 3.60. The van der Waals surface area contributed by atoms with Crippen molar-refractivity contribution < 1.29 is 0 Å². The van der Waals surface area contributed by atoms with Crippen molar-refractivity contribution in [3.05, 3.63) is 0 Å². The Hall–Kier alpha value is -0.220. The van der Waals surface area contributed by atoms with Crippen LogP contribution in [0.3, 0.4) is 0 Å². The van der Waals surface area contributed by atoms with Crippen LogP contribution in [0.25, 0.3) is 0 Å². The van der Waals surface area contributed by atoms with Gasteiger partial charge in [0.05, 0.1) is 6.54 Å². The number of amidine groups is 1. The normalized spacial score (nSPS) is 25.5. The second-order valence-corrected chi connectivity index (χ2v) is 7.13. The topological polar surface area (TPSA) is 27.6 Å². The summed E-state index contributed by atoms with van der Waals surface area (Å²) in [6.07, 6.45) is 5.47. The van der Waals surface area contributed by atoms with Gasteiger partial charge in [-0.25, -0.2) is 0 Å². The number of thioether (sulfide) groups is 1. The molecule has 4 heteroatoms. The van der Waals surface area contributed by atoms with E-state index >= 15 is 0 Å². The molecular formula is C14H27N3S. The highest BCUT2D eigenvalue weighted by atomic mass is 32.2. The molecule has 1 fully saturated rings. The highest BCUT2D eigenvalue weighted by molar-refractivity contribution is 8.14. The standard InChI is InChI=1S/C14H27N3S/c1-12(2)10-13-11-16-14(18-13)15-6-9-17-7-4-3-5-8-17/h12-13H,3-11H2,1-2H3,(H,15,16).